The summed E-state index contributed by atoms with van der Waals surface area (Å²) in [5.41, 5.74) is 1.77. The number of carbonyl (C=O) groups is 2. The van der Waals surface area contributed by atoms with Crippen molar-refractivity contribution in [3.05, 3.63) is 59.7 Å². The molecular weight excluding hydrogens is 418 g/mol. The number of phenolic OH excluding ortho intramolecular Hbond substituents is 2. The number of nitrogens with one attached hydrogen (secondary N) is 1. The zero-order valence-corrected chi connectivity index (χ0v) is 20.5. The fraction of sp³-hybridized carbons (Fsp3) is 0.481. The van der Waals surface area contributed by atoms with E-state index in [9.17, 15) is 14.7 Å². The number of hydrogen-bond donors (Lipinski definition) is 3. The van der Waals surface area contributed by atoms with Crippen LogP contribution in [0.5, 0.6) is 11.5 Å². The van der Waals surface area contributed by atoms with E-state index in [1.165, 1.54) is 0 Å². The molecule has 3 N–H and O–H groups in total. The van der Waals surface area contributed by atoms with Gasteiger partial charge in [-0.05, 0) is 67.0 Å². The molecular formula is C27H39NO5. The summed E-state index contributed by atoms with van der Waals surface area (Å²) in [6.07, 6.45) is 2.41. The highest BCUT2D eigenvalue weighted by atomic mass is 16.5. The second-order valence-electron chi connectivity index (χ2n) is 9.06. The van der Waals surface area contributed by atoms with E-state index in [0.29, 0.717) is 18.4 Å². The molecule has 0 bridgehead atoms. The minimum absolute atomic E-state index is 0.0458. The average molecular weight is 458 g/mol. The van der Waals surface area contributed by atoms with E-state index in [1.54, 1.807) is 48.5 Å². The molecule has 0 radical (unpaired) electrons. The molecule has 0 aliphatic rings. The first kappa shape index (κ1) is 28.0. The fourth-order valence-corrected chi connectivity index (χ4v) is 2.88. The maximum atomic E-state index is 11.9. The Kier molecular flexibility index (Phi) is 12.7. The Morgan fingerprint density at radius 2 is 1.39 bits per heavy atom. The Balaban J connectivity index is 0.000000335. The van der Waals surface area contributed by atoms with E-state index in [4.69, 9.17) is 9.84 Å². The Bertz CT molecular complexity index is 829. The van der Waals surface area contributed by atoms with Gasteiger partial charge < -0.3 is 20.3 Å². The van der Waals surface area contributed by atoms with E-state index in [-0.39, 0.29) is 35.7 Å². The number of phenols is 2. The molecule has 2 rings (SSSR count). The number of aromatic hydroxyl groups is 2. The van der Waals surface area contributed by atoms with Gasteiger partial charge in [0.2, 0.25) is 5.91 Å². The second-order valence-corrected chi connectivity index (χ2v) is 9.06. The molecule has 1 atom stereocenters. The molecule has 1 amide bonds. The Hall–Kier alpha value is -3.02. The lowest BCUT2D eigenvalue weighted by atomic mass is 10.00. The highest BCUT2D eigenvalue weighted by Gasteiger charge is 2.14. The maximum Gasteiger partial charge on any atom is 0.310 e. The summed E-state index contributed by atoms with van der Waals surface area (Å²) in [6.45, 7) is 11.4. The van der Waals surface area contributed by atoms with Gasteiger partial charge in [0, 0.05) is 6.54 Å². The summed E-state index contributed by atoms with van der Waals surface area (Å²) in [7, 11) is 0. The summed E-state index contributed by atoms with van der Waals surface area (Å²) in [4.78, 5) is 23.2. The summed E-state index contributed by atoms with van der Waals surface area (Å²) in [6, 6.07) is 13.3. The monoisotopic (exact) mass is 457 g/mol. The summed E-state index contributed by atoms with van der Waals surface area (Å²) < 4.78 is 5.04. The van der Waals surface area contributed by atoms with Gasteiger partial charge in [-0.1, -0.05) is 52.0 Å². The van der Waals surface area contributed by atoms with E-state index in [0.717, 1.165) is 30.5 Å². The lowest BCUT2D eigenvalue weighted by molar-refractivity contribution is -0.143. The predicted molar refractivity (Wildman–Crippen MR) is 131 cm³/mol. The van der Waals surface area contributed by atoms with Gasteiger partial charge in [0.1, 0.15) is 11.5 Å². The molecule has 6 nitrogen and oxygen atoms in total. The molecule has 0 spiro atoms. The van der Waals surface area contributed by atoms with Gasteiger partial charge in [0.25, 0.3) is 0 Å². The predicted octanol–water partition coefficient (Wildman–Crippen LogP) is 5.18. The number of benzene rings is 2. The molecule has 0 fully saturated rings. The topological polar surface area (TPSA) is 95.9 Å². The zero-order chi connectivity index (χ0) is 24.8. The van der Waals surface area contributed by atoms with Crippen LogP contribution in [-0.4, -0.2) is 35.2 Å². The van der Waals surface area contributed by atoms with Gasteiger partial charge in [-0.2, -0.15) is 0 Å². The Morgan fingerprint density at radius 1 is 0.848 bits per heavy atom. The van der Waals surface area contributed by atoms with Crippen molar-refractivity contribution in [1.82, 2.24) is 5.32 Å². The van der Waals surface area contributed by atoms with Crippen LogP contribution in [0.1, 0.15) is 64.5 Å². The van der Waals surface area contributed by atoms with Crippen molar-refractivity contribution in [2.45, 2.75) is 59.8 Å². The quantitative estimate of drug-likeness (QED) is 0.337. The summed E-state index contributed by atoms with van der Waals surface area (Å²) in [5.74, 6) is 1.10. The standard InChI is InChI=1S/C15H23NO2.C12H16O3/c1-11(2)5-4-10-16-15(18)12(3)13-6-8-14(17)9-7-13;1-9(2)8-15-12(14)7-10-3-5-11(13)6-4-10/h6-9,11-12,17H,4-5,10H2,1-3H3,(H,16,18);3-6,9,13H,7-8H2,1-2H3. The molecule has 6 heteroatoms. The van der Waals surface area contributed by atoms with Crippen LogP contribution in [0.3, 0.4) is 0 Å². The zero-order valence-electron chi connectivity index (χ0n) is 20.5. The molecule has 0 aromatic heterocycles. The van der Waals surface area contributed by atoms with Gasteiger partial charge in [0.15, 0.2) is 0 Å². The molecule has 182 valence electrons. The maximum absolute atomic E-state index is 11.9. The van der Waals surface area contributed by atoms with E-state index in [1.807, 2.05) is 20.8 Å². The molecule has 0 saturated heterocycles. The van der Waals surface area contributed by atoms with Crippen molar-refractivity contribution in [2.24, 2.45) is 11.8 Å². The summed E-state index contributed by atoms with van der Waals surface area (Å²) >= 11 is 0. The van der Waals surface area contributed by atoms with Crippen LogP contribution in [0.2, 0.25) is 0 Å². The fourth-order valence-electron chi connectivity index (χ4n) is 2.88. The van der Waals surface area contributed by atoms with Crippen molar-refractivity contribution >= 4 is 11.9 Å². The van der Waals surface area contributed by atoms with Crippen LogP contribution in [-0.2, 0) is 20.7 Å². The third-order valence-electron chi connectivity index (χ3n) is 4.91. The minimum Gasteiger partial charge on any atom is -0.508 e. The molecule has 0 aliphatic heterocycles. The first-order chi connectivity index (χ1) is 15.6. The van der Waals surface area contributed by atoms with Gasteiger partial charge in [-0.15, -0.1) is 0 Å². The third-order valence-corrected chi connectivity index (χ3v) is 4.91. The number of rotatable bonds is 10. The van der Waals surface area contributed by atoms with Crippen LogP contribution in [0, 0.1) is 11.8 Å². The number of amides is 1. The smallest absolute Gasteiger partial charge is 0.310 e. The van der Waals surface area contributed by atoms with E-state index < -0.39 is 0 Å². The van der Waals surface area contributed by atoms with E-state index in [2.05, 4.69) is 19.2 Å². The van der Waals surface area contributed by atoms with Gasteiger partial charge in [0.05, 0.1) is 18.9 Å². The van der Waals surface area contributed by atoms with Crippen LogP contribution in [0.4, 0.5) is 0 Å². The molecule has 0 aliphatic carbocycles. The first-order valence-corrected chi connectivity index (χ1v) is 11.6. The number of hydrogen-bond acceptors (Lipinski definition) is 5. The van der Waals surface area contributed by atoms with Crippen molar-refractivity contribution in [3.63, 3.8) is 0 Å². The van der Waals surface area contributed by atoms with Crippen LogP contribution in [0.15, 0.2) is 48.5 Å². The number of ether oxygens (including phenoxy) is 1. The second kappa shape index (κ2) is 14.9. The van der Waals surface area contributed by atoms with Crippen molar-refractivity contribution in [1.29, 1.82) is 0 Å². The average Bonchev–Trinajstić information content (AvgIpc) is 2.77. The number of esters is 1. The third kappa shape index (κ3) is 12.6. The minimum atomic E-state index is -0.227. The van der Waals surface area contributed by atoms with Gasteiger partial charge in [-0.3, -0.25) is 9.59 Å². The molecule has 0 heterocycles. The van der Waals surface area contributed by atoms with Crippen LogP contribution >= 0.6 is 0 Å². The molecule has 2 aromatic rings. The Morgan fingerprint density at radius 3 is 1.91 bits per heavy atom. The highest BCUT2D eigenvalue weighted by Crippen LogP contribution is 2.18. The van der Waals surface area contributed by atoms with Crippen molar-refractivity contribution in [3.8, 4) is 11.5 Å². The Labute approximate surface area is 198 Å². The first-order valence-electron chi connectivity index (χ1n) is 11.6. The SMILES string of the molecule is CC(C)CCCNC(=O)C(C)c1ccc(O)cc1.CC(C)COC(=O)Cc1ccc(O)cc1. The van der Waals surface area contributed by atoms with Crippen LogP contribution < -0.4 is 5.32 Å². The highest BCUT2D eigenvalue weighted by molar-refractivity contribution is 5.83. The van der Waals surface area contributed by atoms with Crippen LogP contribution in [0.25, 0.3) is 0 Å². The molecule has 33 heavy (non-hydrogen) atoms. The van der Waals surface area contributed by atoms with Gasteiger partial charge >= 0.3 is 5.97 Å². The lowest BCUT2D eigenvalue weighted by Crippen LogP contribution is -2.29. The van der Waals surface area contributed by atoms with E-state index >= 15 is 0 Å². The molecule has 2 aromatic carbocycles. The van der Waals surface area contributed by atoms with Crippen molar-refractivity contribution < 1.29 is 24.5 Å². The number of carbonyl (C=O) groups excluding carboxylic acids is 2. The lowest BCUT2D eigenvalue weighted by Gasteiger charge is -2.13. The van der Waals surface area contributed by atoms with Crippen molar-refractivity contribution in [2.75, 3.05) is 13.2 Å². The molecule has 0 saturated carbocycles. The van der Waals surface area contributed by atoms with Gasteiger partial charge in [-0.25, -0.2) is 0 Å². The normalized spacial score (nSPS) is 11.5. The summed E-state index contributed by atoms with van der Waals surface area (Å²) in [5, 5.41) is 21.2. The molecule has 1 unspecified atom stereocenters. The largest absolute Gasteiger partial charge is 0.508 e.